The van der Waals surface area contributed by atoms with E-state index in [2.05, 4.69) is 5.32 Å². The molecule has 0 radical (unpaired) electrons. The maximum Gasteiger partial charge on any atom is 0.471 e. The average molecular weight is 358 g/mol. The van der Waals surface area contributed by atoms with Crippen LogP contribution in [0.5, 0.6) is 0 Å². The summed E-state index contributed by atoms with van der Waals surface area (Å²) < 4.78 is 37.4. The molecule has 9 heteroatoms. The van der Waals surface area contributed by atoms with Crippen LogP contribution in [-0.4, -0.2) is 49.6 Å². The van der Waals surface area contributed by atoms with E-state index in [9.17, 15) is 22.8 Å². The van der Waals surface area contributed by atoms with Crippen LogP contribution in [0.4, 0.5) is 30.2 Å². The standard InChI is InChI=1S/C16H21F3N4O2/c1-22(15(25)16(17,18)19)11-5-6-13(12(20)10-11)21-7-3-9-23-8-2-4-14(23)24/h5-6,10,21H,2-4,7-9,20H2,1H3. The molecule has 1 aromatic carbocycles. The van der Waals surface area contributed by atoms with Crippen LogP contribution in [0.1, 0.15) is 19.3 Å². The van der Waals surface area contributed by atoms with E-state index in [1.807, 2.05) is 4.90 Å². The summed E-state index contributed by atoms with van der Waals surface area (Å²) in [5.74, 6) is -1.79. The van der Waals surface area contributed by atoms with Gasteiger partial charge in [0.05, 0.1) is 11.4 Å². The zero-order chi connectivity index (χ0) is 18.6. The van der Waals surface area contributed by atoms with E-state index in [4.69, 9.17) is 5.73 Å². The minimum absolute atomic E-state index is 0.0630. The summed E-state index contributed by atoms with van der Waals surface area (Å²) in [6.07, 6.45) is -2.70. The summed E-state index contributed by atoms with van der Waals surface area (Å²) >= 11 is 0. The lowest BCUT2D eigenvalue weighted by Gasteiger charge is -2.20. The molecule has 0 aromatic heterocycles. The molecule has 0 aliphatic carbocycles. The van der Waals surface area contributed by atoms with Crippen molar-refractivity contribution >= 4 is 28.9 Å². The van der Waals surface area contributed by atoms with Gasteiger partial charge in [0, 0.05) is 38.8 Å². The number of amides is 2. The molecular formula is C16H21F3N4O2. The number of hydrogen-bond donors (Lipinski definition) is 2. The Bertz CT molecular complexity index is 649. The minimum atomic E-state index is -4.94. The van der Waals surface area contributed by atoms with Gasteiger partial charge in [-0.25, -0.2) is 0 Å². The number of halogens is 3. The summed E-state index contributed by atoms with van der Waals surface area (Å²) in [4.78, 5) is 25.1. The second-order valence-corrected chi connectivity index (χ2v) is 5.90. The molecule has 25 heavy (non-hydrogen) atoms. The van der Waals surface area contributed by atoms with Gasteiger partial charge in [-0.1, -0.05) is 0 Å². The van der Waals surface area contributed by atoms with Crippen molar-refractivity contribution in [3.8, 4) is 0 Å². The smallest absolute Gasteiger partial charge is 0.397 e. The molecule has 1 aliphatic rings. The number of nitrogens with two attached hydrogens (primary N) is 1. The second kappa shape index (κ2) is 7.62. The van der Waals surface area contributed by atoms with Crippen molar-refractivity contribution in [1.82, 2.24) is 4.90 Å². The summed E-state index contributed by atoms with van der Waals surface area (Å²) in [7, 11) is 1.05. The highest BCUT2D eigenvalue weighted by Gasteiger charge is 2.41. The number of rotatable bonds is 6. The maximum atomic E-state index is 12.5. The Morgan fingerprint density at radius 2 is 2.12 bits per heavy atom. The minimum Gasteiger partial charge on any atom is -0.397 e. The Kier molecular flexibility index (Phi) is 5.76. The van der Waals surface area contributed by atoms with E-state index < -0.39 is 12.1 Å². The molecule has 0 unspecified atom stereocenters. The van der Waals surface area contributed by atoms with Crippen LogP contribution in [0.3, 0.4) is 0 Å². The third kappa shape index (κ3) is 4.77. The topological polar surface area (TPSA) is 78.7 Å². The fourth-order valence-corrected chi connectivity index (χ4v) is 2.66. The van der Waals surface area contributed by atoms with E-state index in [0.29, 0.717) is 30.1 Å². The van der Waals surface area contributed by atoms with Gasteiger partial charge in [0.1, 0.15) is 0 Å². The maximum absolute atomic E-state index is 12.5. The van der Waals surface area contributed by atoms with Crippen molar-refractivity contribution in [3.05, 3.63) is 18.2 Å². The van der Waals surface area contributed by atoms with Crippen molar-refractivity contribution < 1.29 is 22.8 Å². The molecule has 0 atom stereocenters. The molecule has 3 N–H and O–H groups in total. The van der Waals surface area contributed by atoms with Crippen LogP contribution in [0.25, 0.3) is 0 Å². The molecule has 1 saturated heterocycles. The van der Waals surface area contributed by atoms with Crippen LogP contribution in [0.15, 0.2) is 18.2 Å². The highest BCUT2D eigenvalue weighted by molar-refractivity contribution is 5.97. The van der Waals surface area contributed by atoms with E-state index >= 15 is 0 Å². The van der Waals surface area contributed by atoms with Crippen LogP contribution < -0.4 is 16.0 Å². The lowest BCUT2D eigenvalue weighted by Crippen LogP contribution is -2.38. The van der Waals surface area contributed by atoms with Gasteiger partial charge in [0.2, 0.25) is 5.91 Å². The van der Waals surface area contributed by atoms with Gasteiger partial charge >= 0.3 is 12.1 Å². The van der Waals surface area contributed by atoms with Crippen LogP contribution >= 0.6 is 0 Å². The lowest BCUT2D eigenvalue weighted by atomic mass is 10.2. The highest BCUT2D eigenvalue weighted by atomic mass is 19.4. The number of hydrogen-bond acceptors (Lipinski definition) is 4. The number of anilines is 3. The molecule has 2 rings (SSSR count). The van der Waals surface area contributed by atoms with Crippen molar-refractivity contribution in [2.75, 3.05) is 42.6 Å². The predicted molar refractivity (Wildman–Crippen MR) is 89.2 cm³/mol. The fraction of sp³-hybridized carbons (Fsp3) is 0.500. The number of alkyl halides is 3. The van der Waals surface area contributed by atoms with E-state index in [1.54, 1.807) is 0 Å². The van der Waals surface area contributed by atoms with Gasteiger partial charge in [-0.3, -0.25) is 9.59 Å². The Morgan fingerprint density at radius 1 is 1.40 bits per heavy atom. The van der Waals surface area contributed by atoms with E-state index in [0.717, 1.165) is 26.4 Å². The summed E-state index contributed by atoms with van der Waals surface area (Å²) in [6.45, 7) is 2.02. The fourth-order valence-electron chi connectivity index (χ4n) is 2.66. The number of benzene rings is 1. The zero-order valence-corrected chi connectivity index (χ0v) is 13.9. The zero-order valence-electron chi connectivity index (χ0n) is 13.9. The average Bonchev–Trinajstić information content (AvgIpc) is 2.95. The van der Waals surface area contributed by atoms with Crippen LogP contribution in [-0.2, 0) is 9.59 Å². The first kappa shape index (κ1) is 18.9. The number of nitrogens with zero attached hydrogens (tertiary/aromatic N) is 2. The quantitative estimate of drug-likeness (QED) is 0.604. The number of nitrogens with one attached hydrogen (secondary N) is 1. The van der Waals surface area contributed by atoms with Crippen LogP contribution in [0.2, 0.25) is 0 Å². The molecule has 1 aliphatic heterocycles. The molecule has 1 heterocycles. The normalized spacial score (nSPS) is 14.7. The molecule has 0 spiro atoms. The highest BCUT2D eigenvalue weighted by Crippen LogP contribution is 2.27. The molecule has 2 amide bonds. The largest absolute Gasteiger partial charge is 0.471 e. The Hall–Kier alpha value is -2.45. The molecule has 0 saturated carbocycles. The van der Waals surface area contributed by atoms with Gasteiger partial charge in [-0.2, -0.15) is 13.2 Å². The molecular weight excluding hydrogens is 337 g/mol. The monoisotopic (exact) mass is 358 g/mol. The second-order valence-electron chi connectivity index (χ2n) is 5.90. The van der Waals surface area contributed by atoms with Crippen molar-refractivity contribution in [3.63, 3.8) is 0 Å². The summed E-state index contributed by atoms with van der Waals surface area (Å²) in [6, 6.07) is 4.24. The summed E-state index contributed by atoms with van der Waals surface area (Å²) in [5, 5.41) is 3.09. The Labute approximate surface area is 143 Å². The predicted octanol–water partition coefficient (Wildman–Crippen LogP) is 2.22. The lowest BCUT2D eigenvalue weighted by molar-refractivity contribution is -0.170. The number of likely N-dealkylation sites (tertiary alicyclic amines) is 1. The van der Waals surface area contributed by atoms with Gasteiger partial charge in [0.25, 0.3) is 0 Å². The molecule has 1 fully saturated rings. The molecule has 138 valence electrons. The number of nitrogen functional groups attached to an aromatic ring is 1. The van der Waals surface area contributed by atoms with Gasteiger partial charge < -0.3 is 20.9 Å². The molecule has 6 nitrogen and oxygen atoms in total. The van der Waals surface area contributed by atoms with Crippen molar-refractivity contribution in [2.24, 2.45) is 0 Å². The van der Waals surface area contributed by atoms with E-state index in [1.165, 1.54) is 18.2 Å². The van der Waals surface area contributed by atoms with Crippen molar-refractivity contribution in [2.45, 2.75) is 25.4 Å². The third-order valence-electron chi connectivity index (χ3n) is 4.06. The number of carbonyl (C=O) groups is 2. The van der Waals surface area contributed by atoms with Crippen molar-refractivity contribution in [1.29, 1.82) is 0 Å². The SMILES string of the molecule is CN(C(=O)C(F)(F)F)c1ccc(NCCCN2CCCC2=O)c(N)c1. The first-order valence-electron chi connectivity index (χ1n) is 7.96. The number of carbonyl (C=O) groups excluding carboxylic acids is 2. The first-order valence-corrected chi connectivity index (χ1v) is 7.96. The Balaban J connectivity index is 1.88. The first-order chi connectivity index (χ1) is 11.7. The van der Waals surface area contributed by atoms with E-state index in [-0.39, 0.29) is 17.3 Å². The molecule has 0 bridgehead atoms. The van der Waals surface area contributed by atoms with Crippen LogP contribution in [0, 0.1) is 0 Å². The molecule has 1 aromatic rings. The third-order valence-corrected chi connectivity index (χ3v) is 4.06. The Morgan fingerprint density at radius 3 is 2.68 bits per heavy atom. The summed E-state index contributed by atoms with van der Waals surface area (Å²) in [5.41, 5.74) is 6.73. The van der Waals surface area contributed by atoms with Gasteiger partial charge in [-0.05, 0) is 31.0 Å². The van der Waals surface area contributed by atoms with Gasteiger partial charge in [0.15, 0.2) is 0 Å². The van der Waals surface area contributed by atoms with Gasteiger partial charge in [-0.15, -0.1) is 0 Å².